The third kappa shape index (κ3) is 2.88. The van der Waals surface area contributed by atoms with Crippen molar-refractivity contribution in [3.05, 3.63) is 0 Å². The van der Waals surface area contributed by atoms with E-state index in [0.717, 1.165) is 13.0 Å². The van der Waals surface area contributed by atoms with Crippen LogP contribution in [0.3, 0.4) is 0 Å². The van der Waals surface area contributed by atoms with Gasteiger partial charge in [0.05, 0.1) is 6.04 Å². The predicted molar refractivity (Wildman–Crippen MR) is 64.5 cm³/mol. The van der Waals surface area contributed by atoms with Crippen molar-refractivity contribution < 1.29 is 9.53 Å². The molecular formula is C12H24N2O2. The first kappa shape index (κ1) is 13.3. The third-order valence-corrected chi connectivity index (χ3v) is 3.13. The molecule has 1 N–H and O–H groups in total. The molecule has 4 nitrogen and oxygen atoms in total. The van der Waals surface area contributed by atoms with Crippen LogP contribution in [-0.2, 0) is 4.74 Å². The Kier molecular flexibility index (Phi) is 3.53. The molecule has 1 unspecified atom stereocenters. The Bertz CT molecular complexity index is 269. The smallest absolute Gasteiger partial charge is 0.410 e. The maximum absolute atomic E-state index is 11.9. The maximum Gasteiger partial charge on any atom is 0.410 e. The zero-order chi connectivity index (χ0) is 12.6. The topological polar surface area (TPSA) is 41.6 Å². The van der Waals surface area contributed by atoms with Crippen LogP contribution < -0.4 is 5.32 Å². The van der Waals surface area contributed by atoms with E-state index >= 15 is 0 Å². The van der Waals surface area contributed by atoms with Gasteiger partial charge in [-0.1, -0.05) is 0 Å². The summed E-state index contributed by atoms with van der Waals surface area (Å²) in [6.07, 6.45) is 0.833. The molecule has 1 rings (SSSR count). The number of carbonyl (C=O) groups excluding carboxylic acids is 1. The number of hydrogen-bond acceptors (Lipinski definition) is 3. The zero-order valence-electron chi connectivity index (χ0n) is 11.3. The van der Waals surface area contributed by atoms with Crippen LogP contribution in [0.15, 0.2) is 0 Å². The Labute approximate surface area is 98.3 Å². The van der Waals surface area contributed by atoms with Crippen LogP contribution >= 0.6 is 0 Å². The van der Waals surface area contributed by atoms with Crippen molar-refractivity contribution in [2.45, 2.75) is 58.2 Å². The lowest BCUT2D eigenvalue weighted by Gasteiger charge is -2.49. The first-order chi connectivity index (χ1) is 7.17. The van der Waals surface area contributed by atoms with Crippen molar-refractivity contribution in [3.8, 4) is 0 Å². The minimum atomic E-state index is -0.416. The lowest BCUT2D eigenvalue weighted by molar-refractivity contribution is -0.0227. The minimum Gasteiger partial charge on any atom is -0.444 e. The molecule has 0 aliphatic carbocycles. The summed E-state index contributed by atoms with van der Waals surface area (Å²) in [5.74, 6) is 0. The first-order valence-corrected chi connectivity index (χ1v) is 5.86. The largest absolute Gasteiger partial charge is 0.444 e. The molecule has 1 heterocycles. The van der Waals surface area contributed by atoms with E-state index in [9.17, 15) is 4.79 Å². The Morgan fingerprint density at radius 1 is 1.31 bits per heavy atom. The maximum atomic E-state index is 11.9. The highest BCUT2D eigenvalue weighted by molar-refractivity contribution is 5.69. The van der Waals surface area contributed by atoms with Crippen LogP contribution in [0.25, 0.3) is 0 Å². The van der Waals surface area contributed by atoms with Gasteiger partial charge in [-0.2, -0.15) is 0 Å². The molecule has 94 valence electrons. The summed E-state index contributed by atoms with van der Waals surface area (Å²) in [6.45, 7) is 10.7. The van der Waals surface area contributed by atoms with E-state index in [2.05, 4.69) is 19.2 Å². The number of nitrogens with one attached hydrogen (secondary N) is 1. The van der Waals surface area contributed by atoms with Gasteiger partial charge in [0.25, 0.3) is 0 Å². The molecule has 1 aliphatic rings. The van der Waals surface area contributed by atoms with Gasteiger partial charge < -0.3 is 15.0 Å². The van der Waals surface area contributed by atoms with Gasteiger partial charge in [0, 0.05) is 12.1 Å². The lowest BCUT2D eigenvalue weighted by Crippen LogP contribution is -2.65. The van der Waals surface area contributed by atoms with E-state index in [1.165, 1.54) is 0 Å². The summed E-state index contributed by atoms with van der Waals surface area (Å²) in [5.41, 5.74) is -0.476. The normalized spacial score (nSPS) is 21.6. The lowest BCUT2D eigenvalue weighted by atomic mass is 9.85. The molecule has 0 aromatic carbocycles. The Hall–Kier alpha value is -0.770. The molecule has 0 saturated carbocycles. The molecule has 16 heavy (non-hydrogen) atoms. The van der Waals surface area contributed by atoms with Gasteiger partial charge in [-0.25, -0.2) is 4.79 Å². The number of nitrogens with zero attached hydrogens (tertiary/aromatic N) is 1. The monoisotopic (exact) mass is 228 g/mol. The van der Waals surface area contributed by atoms with Crippen molar-refractivity contribution in [1.82, 2.24) is 10.2 Å². The van der Waals surface area contributed by atoms with Gasteiger partial charge in [-0.3, -0.25) is 0 Å². The predicted octanol–water partition coefficient (Wildman–Crippen LogP) is 1.99. The van der Waals surface area contributed by atoms with E-state index in [1.807, 2.05) is 32.7 Å². The van der Waals surface area contributed by atoms with Gasteiger partial charge in [-0.15, -0.1) is 0 Å². The zero-order valence-corrected chi connectivity index (χ0v) is 11.3. The highest BCUT2D eigenvalue weighted by Gasteiger charge is 2.43. The molecular weight excluding hydrogens is 204 g/mol. The molecule has 1 aliphatic heterocycles. The van der Waals surface area contributed by atoms with E-state index in [4.69, 9.17) is 4.74 Å². The molecule has 4 heteroatoms. The van der Waals surface area contributed by atoms with Gasteiger partial charge in [0.1, 0.15) is 5.60 Å². The van der Waals surface area contributed by atoms with Crippen LogP contribution in [0, 0.1) is 0 Å². The minimum absolute atomic E-state index is 0.0604. The van der Waals surface area contributed by atoms with Gasteiger partial charge >= 0.3 is 6.09 Å². The van der Waals surface area contributed by atoms with Gasteiger partial charge in [-0.05, 0) is 48.1 Å². The standard InChI is InChI=1S/C12H24N2O2/c1-11(2,3)16-10(15)14-8-7-9(14)12(4,5)13-6/h9,13H,7-8H2,1-6H3. The second kappa shape index (κ2) is 4.24. The summed E-state index contributed by atoms with van der Waals surface area (Å²) in [6, 6.07) is 0.229. The molecule has 1 saturated heterocycles. The second-order valence-corrected chi connectivity index (χ2v) is 5.95. The average molecular weight is 228 g/mol. The Morgan fingerprint density at radius 2 is 1.88 bits per heavy atom. The summed E-state index contributed by atoms with van der Waals surface area (Å²) in [4.78, 5) is 13.7. The highest BCUT2D eigenvalue weighted by atomic mass is 16.6. The molecule has 1 fully saturated rings. The van der Waals surface area contributed by atoms with Crippen molar-refractivity contribution >= 4 is 6.09 Å². The van der Waals surface area contributed by atoms with Crippen molar-refractivity contribution in [2.75, 3.05) is 13.6 Å². The van der Waals surface area contributed by atoms with Crippen LogP contribution in [0.1, 0.15) is 41.0 Å². The van der Waals surface area contributed by atoms with E-state index in [1.54, 1.807) is 0 Å². The summed E-state index contributed by atoms with van der Waals surface area (Å²) >= 11 is 0. The summed E-state index contributed by atoms with van der Waals surface area (Å²) < 4.78 is 5.37. The third-order valence-electron chi connectivity index (χ3n) is 3.13. The van der Waals surface area contributed by atoms with Crippen molar-refractivity contribution in [3.63, 3.8) is 0 Å². The molecule has 1 atom stereocenters. The number of rotatable bonds is 2. The van der Waals surface area contributed by atoms with Crippen molar-refractivity contribution in [1.29, 1.82) is 0 Å². The fraction of sp³-hybridized carbons (Fsp3) is 0.917. The van der Waals surface area contributed by atoms with E-state index in [0.29, 0.717) is 0 Å². The molecule has 0 aromatic heterocycles. The molecule has 0 spiro atoms. The van der Waals surface area contributed by atoms with Crippen LogP contribution in [0.2, 0.25) is 0 Å². The fourth-order valence-electron chi connectivity index (χ4n) is 1.84. The molecule has 1 amide bonds. The number of amides is 1. The van der Waals surface area contributed by atoms with Gasteiger partial charge in [0.15, 0.2) is 0 Å². The number of likely N-dealkylation sites (N-methyl/N-ethyl adjacent to an activating group) is 1. The van der Waals surface area contributed by atoms with Gasteiger partial charge in [0.2, 0.25) is 0 Å². The quantitative estimate of drug-likeness (QED) is 0.786. The van der Waals surface area contributed by atoms with Crippen molar-refractivity contribution in [2.24, 2.45) is 0 Å². The first-order valence-electron chi connectivity index (χ1n) is 5.86. The Balaban J connectivity index is 2.60. The number of likely N-dealkylation sites (tertiary alicyclic amines) is 1. The van der Waals surface area contributed by atoms with Crippen LogP contribution in [-0.4, -0.2) is 41.8 Å². The SMILES string of the molecule is CNC(C)(C)C1CCN1C(=O)OC(C)(C)C. The fourth-order valence-corrected chi connectivity index (χ4v) is 1.84. The molecule has 0 radical (unpaired) electrons. The number of carbonyl (C=O) groups is 1. The highest BCUT2D eigenvalue weighted by Crippen LogP contribution is 2.29. The Morgan fingerprint density at radius 3 is 2.19 bits per heavy atom. The number of ether oxygens (including phenoxy) is 1. The van der Waals surface area contributed by atoms with Crippen LogP contribution in [0.5, 0.6) is 0 Å². The number of hydrogen-bond donors (Lipinski definition) is 1. The second-order valence-electron chi connectivity index (χ2n) is 5.95. The summed E-state index contributed by atoms with van der Waals surface area (Å²) in [7, 11) is 1.92. The average Bonchev–Trinajstić information content (AvgIpc) is 1.97. The van der Waals surface area contributed by atoms with E-state index < -0.39 is 5.60 Å². The molecule has 0 bridgehead atoms. The molecule has 0 aromatic rings. The summed E-state index contributed by atoms with van der Waals surface area (Å²) in [5, 5.41) is 3.24. The van der Waals surface area contributed by atoms with Crippen LogP contribution in [0.4, 0.5) is 4.79 Å². The van der Waals surface area contributed by atoms with E-state index in [-0.39, 0.29) is 17.7 Å².